The Hall–Kier alpha value is -2.49. The SMILES string of the molecule is COc1cc([C@H]2CN(S(=O)(=O)c3ccc(Cl)cc3)C[C@H]2C(=O)NCCC(C)C)cc(OC)c1OC. The number of carbonyl (C=O) groups excluding carboxylic acids is 1. The lowest BCUT2D eigenvalue weighted by atomic mass is 9.87. The highest BCUT2D eigenvalue weighted by Gasteiger charge is 2.44. The van der Waals surface area contributed by atoms with Crippen molar-refractivity contribution in [2.24, 2.45) is 11.8 Å². The van der Waals surface area contributed by atoms with Gasteiger partial charge in [0.1, 0.15) is 0 Å². The summed E-state index contributed by atoms with van der Waals surface area (Å²) < 4.78 is 44.6. The molecule has 1 N–H and O–H groups in total. The molecule has 0 aromatic heterocycles. The molecule has 2 atom stereocenters. The van der Waals surface area contributed by atoms with E-state index in [0.717, 1.165) is 12.0 Å². The van der Waals surface area contributed by atoms with E-state index in [1.165, 1.54) is 49.9 Å². The zero-order valence-electron chi connectivity index (χ0n) is 20.7. The van der Waals surface area contributed by atoms with Gasteiger partial charge in [0.15, 0.2) is 11.5 Å². The second-order valence-electron chi connectivity index (χ2n) is 8.92. The van der Waals surface area contributed by atoms with E-state index in [9.17, 15) is 13.2 Å². The minimum absolute atomic E-state index is 0.0554. The van der Waals surface area contributed by atoms with Gasteiger partial charge in [-0.05, 0) is 54.3 Å². The Morgan fingerprint density at radius 3 is 2.17 bits per heavy atom. The number of rotatable bonds is 10. The van der Waals surface area contributed by atoms with Gasteiger partial charge >= 0.3 is 0 Å². The molecular formula is C25H33ClN2O6S. The maximum Gasteiger partial charge on any atom is 0.243 e. The summed E-state index contributed by atoms with van der Waals surface area (Å²) in [5.41, 5.74) is 0.734. The van der Waals surface area contributed by atoms with Gasteiger partial charge in [0.25, 0.3) is 0 Å². The number of methoxy groups -OCH3 is 3. The number of amides is 1. The van der Waals surface area contributed by atoms with Crippen molar-refractivity contribution in [1.82, 2.24) is 9.62 Å². The standard InChI is InChI=1S/C25H33ClN2O6S/c1-16(2)10-11-27-25(29)21-15-28(35(30,31)19-8-6-18(26)7-9-19)14-20(21)17-12-22(32-3)24(34-5)23(13-17)33-4/h6-9,12-13,16,20-21H,10-11,14-15H2,1-5H3,(H,27,29)/t20-,21-/m1/s1. The first kappa shape index (κ1) is 27.1. The van der Waals surface area contributed by atoms with Gasteiger partial charge in [0, 0.05) is 30.6 Å². The van der Waals surface area contributed by atoms with Crippen molar-refractivity contribution >= 4 is 27.5 Å². The number of halogens is 1. The van der Waals surface area contributed by atoms with Crippen LogP contribution in [0.5, 0.6) is 17.2 Å². The van der Waals surface area contributed by atoms with Gasteiger partial charge in [0.2, 0.25) is 21.7 Å². The minimum atomic E-state index is -3.83. The Kier molecular flexibility index (Phi) is 8.90. The average molecular weight is 525 g/mol. The van der Waals surface area contributed by atoms with Crippen molar-refractivity contribution in [3.05, 3.63) is 47.0 Å². The number of hydrogen-bond acceptors (Lipinski definition) is 6. The summed E-state index contributed by atoms with van der Waals surface area (Å²) >= 11 is 5.95. The lowest BCUT2D eigenvalue weighted by Gasteiger charge is -2.21. The Balaban J connectivity index is 1.99. The molecule has 0 aliphatic carbocycles. The van der Waals surface area contributed by atoms with E-state index in [2.05, 4.69) is 19.2 Å². The largest absolute Gasteiger partial charge is 0.493 e. The van der Waals surface area contributed by atoms with E-state index in [-0.39, 0.29) is 23.9 Å². The molecule has 0 bridgehead atoms. The Labute approximate surface area is 212 Å². The van der Waals surface area contributed by atoms with Gasteiger partial charge in [-0.3, -0.25) is 4.79 Å². The highest BCUT2D eigenvalue weighted by Crippen LogP contribution is 2.44. The minimum Gasteiger partial charge on any atom is -0.493 e. The molecule has 192 valence electrons. The lowest BCUT2D eigenvalue weighted by Crippen LogP contribution is -2.36. The third-order valence-electron chi connectivity index (χ3n) is 6.21. The number of nitrogens with zero attached hydrogens (tertiary/aromatic N) is 1. The van der Waals surface area contributed by atoms with Crippen LogP contribution < -0.4 is 19.5 Å². The first-order valence-electron chi connectivity index (χ1n) is 11.5. The molecule has 1 amide bonds. The maximum absolute atomic E-state index is 13.4. The van der Waals surface area contributed by atoms with Crippen LogP contribution in [0.4, 0.5) is 0 Å². The summed E-state index contributed by atoms with van der Waals surface area (Å²) in [5.74, 6) is 0.571. The summed E-state index contributed by atoms with van der Waals surface area (Å²) in [5, 5.41) is 3.44. The van der Waals surface area contributed by atoms with E-state index >= 15 is 0 Å². The second kappa shape index (κ2) is 11.5. The topological polar surface area (TPSA) is 94.2 Å². The zero-order chi connectivity index (χ0) is 25.8. The van der Waals surface area contributed by atoms with Gasteiger partial charge in [-0.15, -0.1) is 0 Å². The average Bonchev–Trinajstić information content (AvgIpc) is 3.29. The smallest absolute Gasteiger partial charge is 0.243 e. The van der Waals surface area contributed by atoms with Gasteiger partial charge in [-0.25, -0.2) is 8.42 Å². The first-order valence-corrected chi connectivity index (χ1v) is 13.3. The van der Waals surface area contributed by atoms with Crippen molar-refractivity contribution in [1.29, 1.82) is 0 Å². The van der Waals surface area contributed by atoms with Crippen LogP contribution in [-0.2, 0) is 14.8 Å². The lowest BCUT2D eigenvalue weighted by molar-refractivity contribution is -0.124. The van der Waals surface area contributed by atoms with Crippen LogP contribution in [0.1, 0.15) is 31.7 Å². The molecule has 1 fully saturated rings. The predicted octanol–water partition coefficient (Wildman–Crippen LogP) is 3.93. The van der Waals surface area contributed by atoms with Gasteiger partial charge < -0.3 is 19.5 Å². The molecular weight excluding hydrogens is 492 g/mol. The van der Waals surface area contributed by atoms with Crippen molar-refractivity contribution in [3.8, 4) is 17.2 Å². The van der Waals surface area contributed by atoms with Gasteiger partial charge in [-0.2, -0.15) is 4.31 Å². The fraction of sp³-hybridized carbons (Fsp3) is 0.480. The molecule has 1 aliphatic heterocycles. The quantitative estimate of drug-likeness (QED) is 0.506. The number of ether oxygens (including phenoxy) is 3. The van der Waals surface area contributed by atoms with Crippen LogP contribution in [0.3, 0.4) is 0 Å². The molecule has 0 spiro atoms. The molecule has 0 unspecified atom stereocenters. The Bertz CT molecular complexity index is 1110. The molecule has 1 heterocycles. The molecule has 2 aromatic carbocycles. The summed E-state index contributed by atoms with van der Waals surface area (Å²) in [6.07, 6.45) is 0.833. The van der Waals surface area contributed by atoms with Gasteiger partial charge in [0.05, 0.1) is 32.1 Å². The third-order valence-corrected chi connectivity index (χ3v) is 8.31. The summed E-state index contributed by atoms with van der Waals surface area (Å²) in [4.78, 5) is 13.4. The van der Waals surface area contributed by atoms with Crippen LogP contribution in [0.25, 0.3) is 0 Å². The number of hydrogen-bond donors (Lipinski definition) is 1. The van der Waals surface area contributed by atoms with Crippen LogP contribution in [-0.4, -0.2) is 59.6 Å². The van der Waals surface area contributed by atoms with E-state index in [0.29, 0.717) is 34.7 Å². The highest BCUT2D eigenvalue weighted by atomic mass is 35.5. The molecule has 3 rings (SSSR count). The number of nitrogens with one attached hydrogen (secondary N) is 1. The molecule has 2 aromatic rings. The molecule has 10 heteroatoms. The van der Waals surface area contributed by atoms with Crippen molar-refractivity contribution < 1.29 is 27.4 Å². The fourth-order valence-electron chi connectivity index (χ4n) is 4.25. The number of benzene rings is 2. The molecule has 8 nitrogen and oxygen atoms in total. The number of sulfonamides is 1. The monoisotopic (exact) mass is 524 g/mol. The summed E-state index contributed by atoms with van der Waals surface area (Å²) in [6, 6.07) is 9.58. The van der Waals surface area contributed by atoms with Crippen molar-refractivity contribution in [3.63, 3.8) is 0 Å². The van der Waals surface area contributed by atoms with E-state index in [4.69, 9.17) is 25.8 Å². The predicted molar refractivity (Wildman–Crippen MR) is 135 cm³/mol. The molecule has 35 heavy (non-hydrogen) atoms. The zero-order valence-corrected chi connectivity index (χ0v) is 22.3. The molecule has 0 radical (unpaired) electrons. The second-order valence-corrected chi connectivity index (χ2v) is 11.3. The first-order chi connectivity index (χ1) is 16.6. The molecule has 0 saturated carbocycles. The van der Waals surface area contributed by atoms with Crippen LogP contribution in [0.2, 0.25) is 5.02 Å². The van der Waals surface area contributed by atoms with Gasteiger partial charge in [-0.1, -0.05) is 25.4 Å². The number of carbonyl (C=O) groups is 1. The van der Waals surface area contributed by atoms with E-state index in [1.54, 1.807) is 12.1 Å². The van der Waals surface area contributed by atoms with Crippen molar-refractivity contribution in [2.75, 3.05) is 41.0 Å². The summed E-state index contributed by atoms with van der Waals surface area (Å²) in [7, 11) is 0.715. The molecule has 1 saturated heterocycles. The highest BCUT2D eigenvalue weighted by molar-refractivity contribution is 7.89. The van der Waals surface area contributed by atoms with Crippen LogP contribution in [0.15, 0.2) is 41.3 Å². The fourth-order valence-corrected chi connectivity index (χ4v) is 5.87. The normalized spacial score (nSPS) is 18.5. The van der Waals surface area contributed by atoms with Crippen LogP contribution >= 0.6 is 11.6 Å². The maximum atomic E-state index is 13.4. The van der Waals surface area contributed by atoms with E-state index < -0.39 is 21.9 Å². The summed E-state index contributed by atoms with van der Waals surface area (Å²) in [6.45, 7) is 4.88. The molecule has 1 aliphatic rings. The third kappa shape index (κ3) is 6.02. The van der Waals surface area contributed by atoms with Crippen molar-refractivity contribution in [2.45, 2.75) is 31.1 Å². The Morgan fingerprint density at radius 2 is 1.66 bits per heavy atom. The Morgan fingerprint density at radius 1 is 1.06 bits per heavy atom. The van der Waals surface area contributed by atoms with Crippen LogP contribution in [0, 0.1) is 11.8 Å². The van der Waals surface area contributed by atoms with E-state index in [1.807, 2.05) is 0 Å².